The van der Waals surface area contributed by atoms with E-state index in [2.05, 4.69) is 15.0 Å². The van der Waals surface area contributed by atoms with Crippen LogP contribution in [0.15, 0.2) is 0 Å². The predicted molar refractivity (Wildman–Crippen MR) is 70.0 cm³/mol. The monoisotopic (exact) mass is 275 g/mol. The molecule has 17 heavy (non-hydrogen) atoms. The van der Waals surface area contributed by atoms with E-state index in [1.54, 1.807) is 0 Å². The fourth-order valence-corrected chi connectivity index (χ4v) is 4.28. The maximum atomic E-state index is 11.9. The van der Waals surface area contributed by atoms with Crippen molar-refractivity contribution in [2.75, 3.05) is 17.0 Å². The van der Waals surface area contributed by atoms with E-state index in [9.17, 15) is 8.42 Å². The fourth-order valence-electron chi connectivity index (χ4n) is 1.85. The van der Waals surface area contributed by atoms with Crippen molar-refractivity contribution >= 4 is 26.5 Å². The van der Waals surface area contributed by atoms with E-state index in [-0.39, 0.29) is 11.8 Å². The molecule has 0 bridgehead atoms. The summed E-state index contributed by atoms with van der Waals surface area (Å²) >= 11 is 1.38. The van der Waals surface area contributed by atoms with Gasteiger partial charge in [0, 0.05) is 10.9 Å². The van der Waals surface area contributed by atoms with Crippen molar-refractivity contribution < 1.29 is 8.42 Å². The standard InChI is InChI=1S/C10H17N3O2S2/c1-7-8(2)16-10(12-7)13-17(14,15)6-9-4-3-5-11-9/h9,11H,3-6H2,1-2H3,(H,12,13). The zero-order valence-electron chi connectivity index (χ0n) is 9.99. The molecular weight excluding hydrogens is 258 g/mol. The Balaban J connectivity index is 2.01. The molecule has 2 rings (SSSR count). The minimum atomic E-state index is -3.29. The molecule has 0 radical (unpaired) electrons. The van der Waals surface area contributed by atoms with Crippen LogP contribution in [0.2, 0.25) is 0 Å². The molecule has 1 aromatic heterocycles. The zero-order valence-corrected chi connectivity index (χ0v) is 11.6. The van der Waals surface area contributed by atoms with Crippen LogP contribution in [0.5, 0.6) is 0 Å². The third kappa shape index (κ3) is 3.40. The van der Waals surface area contributed by atoms with Gasteiger partial charge in [-0.1, -0.05) is 0 Å². The number of anilines is 1. The van der Waals surface area contributed by atoms with Crippen molar-refractivity contribution in [3.05, 3.63) is 10.6 Å². The highest BCUT2D eigenvalue weighted by Gasteiger charge is 2.22. The zero-order chi connectivity index (χ0) is 12.5. The summed E-state index contributed by atoms with van der Waals surface area (Å²) in [7, 11) is -3.29. The van der Waals surface area contributed by atoms with E-state index in [0.29, 0.717) is 5.13 Å². The highest BCUT2D eigenvalue weighted by molar-refractivity contribution is 7.92. The van der Waals surface area contributed by atoms with E-state index < -0.39 is 10.0 Å². The van der Waals surface area contributed by atoms with Crippen molar-refractivity contribution in [2.24, 2.45) is 0 Å². The number of nitrogens with one attached hydrogen (secondary N) is 2. The third-order valence-electron chi connectivity index (χ3n) is 2.85. The van der Waals surface area contributed by atoms with Gasteiger partial charge in [-0.3, -0.25) is 4.72 Å². The van der Waals surface area contributed by atoms with Gasteiger partial charge in [0.15, 0.2) is 5.13 Å². The van der Waals surface area contributed by atoms with Crippen LogP contribution in [0.4, 0.5) is 5.13 Å². The fraction of sp³-hybridized carbons (Fsp3) is 0.700. The second-order valence-electron chi connectivity index (χ2n) is 4.34. The summed E-state index contributed by atoms with van der Waals surface area (Å²) in [5, 5.41) is 3.65. The molecule has 0 amide bonds. The predicted octanol–water partition coefficient (Wildman–Crippen LogP) is 1.25. The van der Waals surface area contributed by atoms with Gasteiger partial charge in [0.25, 0.3) is 0 Å². The Labute approximate surface area is 106 Å². The van der Waals surface area contributed by atoms with E-state index in [4.69, 9.17) is 0 Å². The summed E-state index contributed by atoms with van der Waals surface area (Å²) in [5.41, 5.74) is 0.881. The summed E-state index contributed by atoms with van der Waals surface area (Å²) in [6.45, 7) is 4.72. The Morgan fingerprint density at radius 2 is 2.29 bits per heavy atom. The lowest BCUT2D eigenvalue weighted by molar-refractivity contribution is 0.582. The number of aryl methyl sites for hydroxylation is 2. The van der Waals surface area contributed by atoms with Crippen LogP contribution in [0.1, 0.15) is 23.4 Å². The average Bonchev–Trinajstić information content (AvgIpc) is 2.77. The summed E-state index contributed by atoms with van der Waals surface area (Å²) in [6.07, 6.45) is 1.98. The summed E-state index contributed by atoms with van der Waals surface area (Å²) in [6, 6.07) is 0.0784. The first-order valence-electron chi connectivity index (χ1n) is 5.64. The van der Waals surface area contributed by atoms with Gasteiger partial charge in [0.05, 0.1) is 11.4 Å². The molecule has 1 atom stereocenters. The third-order valence-corrected chi connectivity index (χ3v) is 5.32. The van der Waals surface area contributed by atoms with Gasteiger partial charge in [0.2, 0.25) is 10.0 Å². The first kappa shape index (κ1) is 12.8. The van der Waals surface area contributed by atoms with Crippen LogP contribution in [-0.2, 0) is 10.0 Å². The molecule has 1 saturated heterocycles. The van der Waals surface area contributed by atoms with Gasteiger partial charge in [-0.05, 0) is 33.2 Å². The molecule has 0 saturated carbocycles. The molecule has 0 spiro atoms. The van der Waals surface area contributed by atoms with Crippen molar-refractivity contribution in [1.82, 2.24) is 10.3 Å². The number of hydrogen-bond donors (Lipinski definition) is 2. The van der Waals surface area contributed by atoms with Crippen LogP contribution in [0.25, 0.3) is 0 Å². The molecule has 1 unspecified atom stereocenters. The number of hydrogen-bond acceptors (Lipinski definition) is 5. The second-order valence-corrected chi connectivity index (χ2v) is 7.31. The maximum absolute atomic E-state index is 11.9. The molecule has 96 valence electrons. The molecular formula is C10H17N3O2S2. The Bertz CT molecular complexity index is 470. The summed E-state index contributed by atoms with van der Waals surface area (Å²) < 4.78 is 26.3. The van der Waals surface area contributed by atoms with Gasteiger partial charge in [-0.25, -0.2) is 13.4 Å². The lowest BCUT2D eigenvalue weighted by Gasteiger charge is -2.10. The van der Waals surface area contributed by atoms with E-state index >= 15 is 0 Å². The maximum Gasteiger partial charge on any atom is 0.236 e. The summed E-state index contributed by atoms with van der Waals surface area (Å²) in [4.78, 5) is 5.22. The van der Waals surface area contributed by atoms with Gasteiger partial charge in [-0.15, -0.1) is 11.3 Å². The first-order chi connectivity index (χ1) is 7.96. The van der Waals surface area contributed by atoms with Gasteiger partial charge < -0.3 is 5.32 Å². The molecule has 5 nitrogen and oxygen atoms in total. The van der Waals surface area contributed by atoms with Crippen LogP contribution in [-0.4, -0.2) is 31.7 Å². The topological polar surface area (TPSA) is 71.1 Å². The lowest BCUT2D eigenvalue weighted by atomic mass is 10.3. The minimum absolute atomic E-state index is 0.0784. The second kappa shape index (κ2) is 4.91. The molecule has 7 heteroatoms. The molecule has 1 aromatic rings. The van der Waals surface area contributed by atoms with Crippen molar-refractivity contribution in [1.29, 1.82) is 0 Å². The highest BCUT2D eigenvalue weighted by Crippen LogP contribution is 2.22. The van der Waals surface area contributed by atoms with Crippen LogP contribution < -0.4 is 10.0 Å². The number of sulfonamides is 1. The van der Waals surface area contributed by atoms with Gasteiger partial charge >= 0.3 is 0 Å². The number of thiazole rings is 1. The summed E-state index contributed by atoms with van der Waals surface area (Å²) in [5.74, 6) is 0.130. The van der Waals surface area contributed by atoms with Crippen molar-refractivity contribution in [3.63, 3.8) is 0 Å². The quantitative estimate of drug-likeness (QED) is 0.867. The molecule has 0 aromatic carbocycles. The van der Waals surface area contributed by atoms with E-state index in [0.717, 1.165) is 30.0 Å². The number of rotatable bonds is 4. The average molecular weight is 275 g/mol. The molecule has 1 aliphatic rings. The minimum Gasteiger partial charge on any atom is -0.313 e. The van der Waals surface area contributed by atoms with Gasteiger partial charge in [-0.2, -0.15) is 0 Å². The molecule has 1 aliphatic heterocycles. The first-order valence-corrected chi connectivity index (χ1v) is 8.11. The van der Waals surface area contributed by atoms with Crippen molar-refractivity contribution in [3.8, 4) is 0 Å². The van der Waals surface area contributed by atoms with Crippen LogP contribution >= 0.6 is 11.3 Å². The Morgan fingerprint density at radius 1 is 1.53 bits per heavy atom. The Kier molecular flexibility index (Phi) is 3.70. The SMILES string of the molecule is Cc1nc(NS(=O)(=O)CC2CCCN2)sc1C. The smallest absolute Gasteiger partial charge is 0.236 e. The Hall–Kier alpha value is -0.660. The highest BCUT2D eigenvalue weighted by atomic mass is 32.2. The van der Waals surface area contributed by atoms with E-state index in [1.807, 2.05) is 13.8 Å². The molecule has 2 heterocycles. The van der Waals surface area contributed by atoms with Crippen LogP contribution in [0.3, 0.4) is 0 Å². The van der Waals surface area contributed by atoms with Crippen LogP contribution in [0, 0.1) is 13.8 Å². The Morgan fingerprint density at radius 3 is 2.82 bits per heavy atom. The number of nitrogens with zero attached hydrogens (tertiary/aromatic N) is 1. The largest absolute Gasteiger partial charge is 0.313 e. The molecule has 0 aliphatic carbocycles. The molecule has 2 N–H and O–H groups in total. The lowest BCUT2D eigenvalue weighted by Crippen LogP contribution is -2.32. The van der Waals surface area contributed by atoms with Crippen molar-refractivity contribution in [2.45, 2.75) is 32.7 Å². The normalized spacial score (nSPS) is 20.7. The van der Waals surface area contributed by atoms with Gasteiger partial charge in [0.1, 0.15) is 0 Å². The number of aromatic nitrogens is 1. The van der Waals surface area contributed by atoms with E-state index in [1.165, 1.54) is 11.3 Å². The molecule has 1 fully saturated rings.